The number of hydrogen-bond donors (Lipinski definition) is 2. The smallest absolute Gasteiger partial charge is 0.253 e. The van der Waals surface area contributed by atoms with Crippen molar-refractivity contribution in [1.29, 1.82) is 0 Å². The summed E-state index contributed by atoms with van der Waals surface area (Å²) in [4.78, 5) is 14.5. The van der Waals surface area contributed by atoms with Gasteiger partial charge >= 0.3 is 0 Å². The molecule has 1 aromatic rings. The van der Waals surface area contributed by atoms with Crippen LogP contribution in [0.15, 0.2) is 36.9 Å². The molecule has 0 radical (unpaired) electrons. The molecular formula is C19H28N2O3. The van der Waals surface area contributed by atoms with E-state index in [0.717, 1.165) is 38.2 Å². The number of hydrogen-bond acceptors (Lipinski definition) is 4. The maximum absolute atomic E-state index is 12.1. The number of rotatable bonds is 8. The number of amides is 1. The highest BCUT2D eigenvalue weighted by Gasteiger charge is 2.18. The summed E-state index contributed by atoms with van der Waals surface area (Å²) in [6.45, 7) is 8.84. The van der Waals surface area contributed by atoms with Gasteiger partial charge in [-0.3, -0.25) is 9.69 Å². The Bertz CT molecular complexity index is 539. The van der Waals surface area contributed by atoms with Crippen molar-refractivity contribution in [3.05, 3.63) is 42.5 Å². The summed E-state index contributed by atoms with van der Waals surface area (Å²) in [6.07, 6.45) is 3.21. The SMILES string of the molecule is C=CCO[C@H](C)C(=O)Nc1cccc(CN2CCC(CO)CC2)c1. The van der Waals surface area contributed by atoms with Crippen molar-refractivity contribution >= 4 is 11.6 Å². The van der Waals surface area contributed by atoms with Crippen LogP contribution in [0.1, 0.15) is 25.3 Å². The largest absolute Gasteiger partial charge is 0.396 e. The topological polar surface area (TPSA) is 61.8 Å². The molecule has 1 fully saturated rings. The molecule has 0 aliphatic carbocycles. The van der Waals surface area contributed by atoms with Crippen LogP contribution in [-0.4, -0.2) is 48.3 Å². The minimum atomic E-state index is -0.510. The highest BCUT2D eigenvalue weighted by atomic mass is 16.5. The van der Waals surface area contributed by atoms with E-state index in [1.54, 1.807) is 13.0 Å². The molecule has 1 heterocycles. The van der Waals surface area contributed by atoms with Gasteiger partial charge in [0.15, 0.2) is 0 Å². The number of piperidine rings is 1. The molecule has 0 aromatic heterocycles. The number of nitrogens with zero attached hydrogens (tertiary/aromatic N) is 1. The Morgan fingerprint density at radius 2 is 2.25 bits per heavy atom. The molecule has 0 unspecified atom stereocenters. The molecule has 1 atom stereocenters. The second-order valence-electron chi connectivity index (χ2n) is 6.36. The number of aliphatic hydroxyl groups excluding tert-OH is 1. The molecule has 5 heteroatoms. The molecule has 1 aliphatic rings. The van der Waals surface area contributed by atoms with Crippen LogP contribution in [0.25, 0.3) is 0 Å². The van der Waals surface area contributed by atoms with Gasteiger partial charge in [-0.25, -0.2) is 0 Å². The molecule has 0 spiro atoms. The number of benzene rings is 1. The Kier molecular flexibility index (Phi) is 7.43. The Morgan fingerprint density at radius 1 is 1.50 bits per heavy atom. The van der Waals surface area contributed by atoms with E-state index in [1.165, 1.54) is 5.56 Å². The Labute approximate surface area is 144 Å². The predicted molar refractivity (Wildman–Crippen MR) is 95.8 cm³/mol. The van der Waals surface area contributed by atoms with Crippen LogP contribution in [0.5, 0.6) is 0 Å². The van der Waals surface area contributed by atoms with E-state index in [-0.39, 0.29) is 5.91 Å². The number of anilines is 1. The summed E-state index contributed by atoms with van der Waals surface area (Å²) >= 11 is 0. The fourth-order valence-electron chi connectivity index (χ4n) is 2.86. The molecule has 0 bridgehead atoms. The van der Waals surface area contributed by atoms with Crippen LogP contribution in [0.2, 0.25) is 0 Å². The highest BCUT2D eigenvalue weighted by Crippen LogP contribution is 2.19. The van der Waals surface area contributed by atoms with E-state index in [2.05, 4.69) is 22.9 Å². The standard InChI is InChI=1S/C19H28N2O3/c1-3-11-24-15(2)19(23)20-18-6-4-5-17(12-18)13-21-9-7-16(14-22)8-10-21/h3-6,12,15-16,22H,1,7-11,13-14H2,2H3,(H,20,23)/t15-/m1/s1. The average molecular weight is 332 g/mol. The second kappa shape index (κ2) is 9.57. The van der Waals surface area contributed by atoms with Crippen LogP contribution >= 0.6 is 0 Å². The van der Waals surface area contributed by atoms with Gasteiger partial charge in [0.1, 0.15) is 6.10 Å². The van der Waals surface area contributed by atoms with Crippen molar-refractivity contribution in [2.75, 3.05) is 31.6 Å². The van der Waals surface area contributed by atoms with Crippen LogP contribution in [0.4, 0.5) is 5.69 Å². The Hall–Kier alpha value is -1.69. The molecule has 1 aliphatic heterocycles. The number of nitrogens with one attached hydrogen (secondary N) is 1. The van der Waals surface area contributed by atoms with E-state index >= 15 is 0 Å². The lowest BCUT2D eigenvalue weighted by Gasteiger charge is -2.31. The zero-order valence-corrected chi connectivity index (χ0v) is 14.4. The molecule has 5 nitrogen and oxygen atoms in total. The van der Waals surface area contributed by atoms with Crippen LogP contribution in [0.3, 0.4) is 0 Å². The summed E-state index contributed by atoms with van der Waals surface area (Å²) in [5.74, 6) is 0.293. The summed E-state index contributed by atoms with van der Waals surface area (Å²) in [6, 6.07) is 7.93. The van der Waals surface area contributed by atoms with Gasteiger partial charge in [-0.2, -0.15) is 0 Å². The van der Waals surface area contributed by atoms with Crippen molar-refractivity contribution in [3.63, 3.8) is 0 Å². The summed E-state index contributed by atoms with van der Waals surface area (Å²) in [5, 5.41) is 12.1. The molecule has 1 amide bonds. The molecular weight excluding hydrogens is 304 g/mol. The zero-order valence-electron chi connectivity index (χ0n) is 14.4. The predicted octanol–water partition coefficient (Wildman–Crippen LogP) is 2.42. The van der Waals surface area contributed by atoms with E-state index in [1.807, 2.05) is 18.2 Å². The first-order chi connectivity index (χ1) is 11.6. The molecule has 1 aromatic carbocycles. The Morgan fingerprint density at radius 3 is 2.92 bits per heavy atom. The quantitative estimate of drug-likeness (QED) is 0.718. The summed E-state index contributed by atoms with van der Waals surface area (Å²) in [7, 11) is 0. The van der Waals surface area contributed by atoms with Gasteiger partial charge in [0, 0.05) is 18.8 Å². The minimum absolute atomic E-state index is 0.155. The van der Waals surface area contributed by atoms with Gasteiger partial charge < -0.3 is 15.2 Å². The van der Waals surface area contributed by atoms with Crippen molar-refractivity contribution in [1.82, 2.24) is 4.90 Å². The minimum Gasteiger partial charge on any atom is -0.396 e. The highest BCUT2D eigenvalue weighted by molar-refractivity contribution is 5.93. The number of aliphatic hydroxyl groups is 1. The lowest BCUT2D eigenvalue weighted by Crippen LogP contribution is -2.34. The van der Waals surface area contributed by atoms with Gasteiger partial charge in [-0.15, -0.1) is 6.58 Å². The number of likely N-dealkylation sites (tertiary alicyclic amines) is 1. The van der Waals surface area contributed by atoms with Crippen LogP contribution < -0.4 is 5.32 Å². The normalized spacial score (nSPS) is 17.4. The second-order valence-corrected chi connectivity index (χ2v) is 6.36. The molecule has 24 heavy (non-hydrogen) atoms. The summed E-state index contributed by atoms with van der Waals surface area (Å²) < 4.78 is 5.34. The monoisotopic (exact) mass is 332 g/mol. The zero-order chi connectivity index (χ0) is 17.4. The number of ether oxygens (including phenoxy) is 1. The van der Waals surface area contributed by atoms with E-state index in [9.17, 15) is 9.90 Å². The van der Waals surface area contributed by atoms with Crippen molar-refractivity contribution < 1.29 is 14.6 Å². The van der Waals surface area contributed by atoms with Crippen molar-refractivity contribution in [3.8, 4) is 0 Å². The maximum atomic E-state index is 12.1. The number of carbonyl (C=O) groups is 1. The third kappa shape index (κ3) is 5.74. The molecule has 132 valence electrons. The first-order valence-electron chi connectivity index (χ1n) is 8.58. The van der Waals surface area contributed by atoms with Gasteiger partial charge in [-0.1, -0.05) is 18.2 Å². The first kappa shape index (κ1) is 18.6. The average Bonchev–Trinajstić information content (AvgIpc) is 2.60. The van der Waals surface area contributed by atoms with Gasteiger partial charge in [0.2, 0.25) is 0 Å². The maximum Gasteiger partial charge on any atom is 0.253 e. The van der Waals surface area contributed by atoms with Crippen molar-refractivity contribution in [2.24, 2.45) is 5.92 Å². The molecule has 2 rings (SSSR count). The summed E-state index contributed by atoms with van der Waals surface area (Å²) in [5.41, 5.74) is 1.96. The fourth-order valence-corrected chi connectivity index (χ4v) is 2.86. The third-order valence-electron chi connectivity index (χ3n) is 4.40. The first-order valence-corrected chi connectivity index (χ1v) is 8.58. The third-order valence-corrected chi connectivity index (χ3v) is 4.40. The molecule has 1 saturated heterocycles. The van der Waals surface area contributed by atoms with E-state index in [0.29, 0.717) is 19.1 Å². The fraction of sp³-hybridized carbons (Fsp3) is 0.526. The Balaban J connectivity index is 1.87. The van der Waals surface area contributed by atoms with Crippen LogP contribution in [0, 0.1) is 5.92 Å². The lowest BCUT2D eigenvalue weighted by atomic mass is 9.97. The van der Waals surface area contributed by atoms with E-state index in [4.69, 9.17) is 4.74 Å². The van der Waals surface area contributed by atoms with E-state index < -0.39 is 6.10 Å². The lowest BCUT2D eigenvalue weighted by molar-refractivity contribution is -0.125. The van der Waals surface area contributed by atoms with Gasteiger partial charge in [0.25, 0.3) is 5.91 Å². The van der Waals surface area contributed by atoms with Crippen LogP contribution in [-0.2, 0) is 16.1 Å². The van der Waals surface area contributed by atoms with Gasteiger partial charge in [0.05, 0.1) is 6.61 Å². The molecule has 0 saturated carbocycles. The van der Waals surface area contributed by atoms with Gasteiger partial charge in [-0.05, 0) is 56.5 Å². The number of carbonyl (C=O) groups excluding carboxylic acids is 1. The molecule has 2 N–H and O–H groups in total. The van der Waals surface area contributed by atoms with Crippen molar-refractivity contribution in [2.45, 2.75) is 32.4 Å².